The third-order valence-corrected chi connectivity index (χ3v) is 1.98. The van der Waals surface area contributed by atoms with Gasteiger partial charge in [0.05, 0.1) is 0 Å². The zero-order valence-corrected chi connectivity index (χ0v) is 9.29. The molecular formula is C12H17NO. The van der Waals surface area contributed by atoms with Crippen LogP contribution in [-0.2, 0) is 0 Å². The lowest BCUT2D eigenvalue weighted by atomic mass is 10.0. The van der Waals surface area contributed by atoms with Gasteiger partial charge in [0.15, 0.2) is 5.78 Å². The van der Waals surface area contributed by atoms with E-state index in [0.717, 1.165) is 11.3 Å². The molecule has 0 aliphatic heterocycles. The van der Waals surface area contributed by atoms with Gasteiger partial charge in [-0.2, -0.15) is 0 Å². The Labute approximate surface area is 85.4 Å². The van der Waals surface area contributed by atoms with Gasteiger partial charge < -0.3 is 0 Å². The molecule has 76 valence electrons. The highest BCUT2D eigenvalue weighted by Gasteiger charge is 2.10. The second-order valence-electron chi connectivity index (χ2n) is 4.19. The fraction of sp³-hybridized carbons (Fsp3) is 0.500. The summed E-state index contributed by atoms with van der Waals surface area (Å²) in [5.41, 5.74) is 2.62. The van der Waals surface area contributed by atoms with E-state index in [-0.39, 0.29) is 5.78 Å². The zero-order valence-electron chi connectivity index (χ0n) is 9.29. The summed E-state index contributed by atoms with van der Waals surface area (Å²) in [6.45, 7) is 7.99. The van der Waals surface area contributed by atoms with E-state index in [0.29, 0.717) is 18.0 Å². The SMILES string of the molecule is Cc1cc(C)nc(C(=O)CC(C)C)c1. The summed E-state index contributed by atoms with van der Waals surface area (Å²) in [6, 6.07) is 3.84. The van der Waals surface area contributed by atoms with E-state index in [1.165, 1.54) is 0 Å². The maximum Gasteiger partial charge on any atom is 0.181 e. The number of rotatable bonds is 3. The summed E-state index contributed by atoms with van der Waals surface area (Å²) in [5, 5.41) is 0. The van der Waals surface area contributed by atoms with Crippen molar-refractivity contribution in [3.63, 3.8) is 0 Å². The van der Waals surface area contributed by atoms with Crippen molar-refractivity contribution in [3.8, 4) is 0 Å². The van der Waals surface area contributed by atoms with Crippen molar-refractivity contribution in [2.45, 2.75) is 34.1 Å². The Morgan fingerprint density at radius 2 is 2.00 bits per heavy atom. The molecule has 0 fully saturated rings. The van der Waals surface area contributed by atoms with Crippen LogP contribution in [-0.4, -0.2) is 10.8 Å². The van der Waals surface area contributed by atoms with Crippen molar-refractivity contribution in [2.24, 2.45) is 5.92 Å². The van der Waals surface area contributed by atoms with Gasteiger partial charge in [-0.05, 0) is 37.5 Å². The van der Waals surface area contributed by atoms with E-state index in [2.05, 4.69) is 4.98 Å². The van der Waals surface area contributed by atoms with E-state index >= 15 is 0 Å². The lowest BCUT2D eigenvalue weighted by Crippen LogP contribution is -2.07. The molecule has 0 saturated heterocycles. The van der Waals surface area contributed by atoms with Crippen molar-refractivity contribution in [3.05, 3.63) is 29.1 Å². The Balaban J connectivity index is 2.90. The minimum Gasteiger partial charge on any atom is -0.292 e. The molecule has 0 aliphatic carbocycles. The molecule has 2 heteroatoms. The van der Waals surface area contributed by atoms with Crippen molar-refractivity contribution in [1.29, 1.82) is 0 Å². The summed E-state index contributed by atoms with van der Waals surface area (Å²) >= 11 is 0. The summed E-state index contributed by atoms with van der Waals surface area (Å²) in [5.74, 6) is 0.539. The van der Waals surface area contributed by atoms with E-state index in [1.807, 2.05) is 39.8 Å². The number of Topliss-reactive ketones (excluding diaryl/α,β-unsaturated/α-hetero) is 1. The smallest absolute Gasteiger partial charge is 0.181 e. The Bertz CT molecular complexity index is 322. The van der Waals surface area contributed by atoms with Gasteiger partial charge in [-0.25, -0.2) is 0 Å². The highest BCUT2D eigenvalue weighted by molar-refractivity contribution is 5.94. The fourth-order valence-electron chi connectivity index (χ4n) is 1.46. The van der Waals surface area contributed by atoms with Crippen LogP contribution >= 0.6 is 0 Å². The third kappa shape index (κ3) is 2.95. The highest BCUT2D eigenvalue weighted by Crippen LogP contribution is 2.10. The monoisotopic (exact) mass is 191 g/mol. The molecule has 1 heterocycles. The Kier molecular flexibility index (Phi) is 3.39. The van der Waals surface area contributed by atoms with Crippen LogP contribution in [0.5, 0.6) is 0 Å². The molecule has 0 bridgehead atoms. The number of nitrogens with zero attached hydrogens (tertiary/aromatic N) is 1. The van der Waals surface area contributed by atoms with Crippen LogP contribution in [0.3, 0.4) is 0 Å². The second-order valence-corrected chi connectivity index (χ2v) is 4.19. The largest absolute Gasteiger partial charge is 0.292 e. The molecule has 0 saturated carbocycles. The molecule has 0 unspecified atom stereocenters. The van der Waals surface area contributed by atoms with Gasteiger partial charge in [0, 0.05) is 12.1 Å². The molecule has 0 spiro atoms. The summed E-state index contributed by atoms with van der Waals surface area (Å²) in [7, 11) is 0. The van der Waals surface area contributed by atoms with E-state index in [9.17, 15) is 4.79 Å². The van der Waals surface area contributed by atoms with Gasteiger partial charge in [0.25, 0.3) is 0 Å². The van der Waals surface area contributed by atoms with Gasteiger partial charge in [-0.1, -0.05) is 13.8 Å². The van der Waals surface area contributed by atoms with Crippen LogP contribution in [0, 0.1) is 19.8 Å². The minimum absolute atomic E-state index is 0.145. The summed E-state index contributed by atoms with van der Waals surface area (Å²) < 4.78 is 0. The van der Waals surface area contributed by atoms with E-state index in [4.69, 9.17) is 0 Å². The molecule has 0 aromatic carbocycles. The Morgan fingerprint density at radius 1 is 1.36 bits per heavy atom. The topological polar surface area (TPSA) is 30.0 Å². The molecule has 0 radical (unpaired) electrons. The van der Waals surface area contributed by atoms with Gasteiger partial charge in [-0.15, -0.1) is 0 Å². The number of carbonyl (C=O) groups excluding carboxylic acids is 1. The first-order chi connectivity index (χ1) is 6.49. The number of aryl methyl sites for hydroxylation is 2. The molecule has 0 aliphatic rings. The van der Waals surface area contributed by atoms with Crippen LogP contribution in [0.4, 0.5) is 0 Å². The fourth-order valence-corrected chi connectivity index (χ4v) is 1.46. The van der Waals surface area contributed by atoms with Gasteiger partial charge in [-0.3, -0.25) is 9.78 Å². The van der Waals surface area contributed by atoms with Crippen LogP contribution in [0.15, 0.2) is 12.1 Å². The predicted molar refractivity (Wildman–Crippen MR) is 57.5 cm³/mol. The number of hydrogen-bond donors (Lipinski definition) is 0. The minimum atomic E-state index is 0.145. The molecule has 1 rings (SSSR count). The summed E-state index contributed by atoms with van der Waals surface area (Å²) in [4.78, 5) is 15.9. The molecule has 1 aromatic rings. The zero-order chi connectivity index (χ0) is 10.7. The summed E-state index contributed by atoms with van der Waals surface area (Å²) in [6.07, 6.45) is 0.579. The Morgan fingerprint density at radius 3 is 2.50 bits per heavy atom. The lowest BCUT2D eigenvalue weighted by molar-refractivity contribution is 0.0962. The number of carbonyl (C=O) groups is 1. The molecular weight excluding hydrogens is 174 g/mol. The predicted octanol–water partition coefficient (Wildman–Crippen LogP) is 2.93. The normalized spacial score (nSPS) is 10.6. The van der Waals surface area contributed by atoms with Crippen LogP contribution in [0.2, 0.25) is 0 Å². The van der Waals surface area contributed by atoms with Gasteiger partial charge >= 0.3 is 0 Å². The van der Waals surface area contributed by atoms with E-state index < -0.39 is 0 Å². The van der Waals surface area contributed by atoms with Crippen LogP contribution in [0.1, 0.15) is 42.0 Å². The number of hydrogen-bond acceptors (Lipinski definition) is 2. The maximum absolute atomic E-state index is 11.7. The lowest BCUT2D eigenvalue weighted by Gasteiger charge is -2.05. The van der Waals surface area contributed by atoms with E-state index in [1.54, 1.807) is 0 Å². The maximum atomic E-state index is 11.7. The van der Waals surface area contributed by atoms with Crippen molar-refractivity contribution in [2.75, 3.05) is 0 Å². The second kappa shape index (κ2) is 4.36. The molecule has 1 aromatic heterocycles. The first-order valence-corrected chi connectivity index (χ1v) is 4.97. The van der Waals surface area contributed by atoms with Crippen molar-refractivity contribution >= 4 is 5.78 Å². The number of ketones is 1. The Hall–Kier alpha value is -1.18. The molecule has 2 nitrogen and oxygen atoms in total. The first kappa shape index (κ1) is 10.9. The van der Waals surface area contributed by atoms with Gasteiger partial charge in [0.2, 0.25) is 0 Å². The average Bonchev–Trinajstić information content (AvgIpc) is 2.00. The molecule has 0 amide bonds. The van der Waals surface area contributed by atoms with Gasteiger partial charge in [0.1, 0.15) is 5.69 Å². The van der Waals surface area contributed by atoms with Crippen LogP contribution in [0.25, 0.3) is 0 Å². The number of aromatic nitrogens is 1. The quantitative estimate of drug-likeness (QED) is 0.687. The standard InChI is InChI=1S/C12H17NO/c1-8(2)5-12(14)11-7-9(3)6-10(4)13-11/h6-8H,5H2,1-4H3. The molecule has 14 heavy (non-hydrogen) atoms. The van der Waals surface area contributed by atoms with Crippen molar-refractivity contribution < 1.29 is 4.79 Å². The van der Waals surface area contributed by atoms with Crippen LogP contribution < -0.4 is 0 Å². The highest BCUT2D eigenvalue weighted by atomic mass is 16.1. The average molecular weight is 191 g/mol. The molecule has 0 atom stereocenters. The van der Waals surface area contributed by atoms with Crippen molar-refractivity contribution in [1.82, 2.24) is 4.98 Å². The first-order valence-electron chi connectivity index (χ1n) is 4.97. The number of pyridine rings is 1. The molecule has 0 N–H and O–H groups in total. The third-order valence-electron chi connectivity index (χ3n) is 1.98.